The maximum Gasteiger partial charge on any atom is 0.196 e. The molecule has 0 aliphatic heterocycles. The molecular formula is C40H26N4. The molecule has 206 valence electrons. The number of fused-ring (bicyclic) bond motifs is 6. The van der Waals surface area contributed by atoms with Crippen molar-refractivity contribution < 1.29 is 0 Å². The Morgan fingerprint density at radius 3 is 1.75 bits per heavy atom. The largest absolute Gasteiger partial charge is 0.309 e. The summed E-state index contributed by atoms with van der Waals surface area (Å²) in [6.07, 6.45) is 0. The van der Waals surface area contributed by atoms with Gasteiger partial charge in [-0.25, -0.2) is 4.85 Å². The van der Waals surface area contributed by atoms with Crippen molar-refractivity contribution in [2.75, 3.05) is 0 Å². The van der Waals surface area contributed by atoms with Crippen LogP contribution in [0.1, 0.15) is 16.7 Å². The van der Waals surface area contributed by atoms with Crippen molar-refractivity contribution in [1.29, 1.82) is 5.26 Å². The zero-order valence-corrected chi connectivity index (χ0v) is 24.3. The molecule has 6 aromatic carbocycles. The van der Waals surface area contributed by atoms with E-state index >= 15 is 0 Å². The first kappa shape index (κ1) is 25.6. The molecule has 0 atom stereocenters. The summed E-state index contributed by atoms with van der Waals surface area (Å²) in [5, 5.41) is 14.3. The normalized spacial score (nSPS) is 11.4. The van der Waals surface area contributed by atoms with E-state index in [0.717, 1.165) is 55.3 Å². The van der Waals surface area contributed by atoms with Crippen LogP contribution in [-0.2, 0) is 0 Å². The smallest absolute Gasteiger partial charge is 0.196 e. The van der Waals surface area contributed by atoms with Crippen molar-refractivity contribution in [3.63, 3.8) is 0 Å². The monoisotopic (exact) mass is 562 g/mol. The predicted octanol–water partition coefficient (Wildman–Crippen LogP) is 10.6. The molecule has 2 heterocycles. The first-order valence-corrected chi connectivity index (χ1v) is 14.6. The minimum atomic E-state index is 0.461. The molecule has 8 aromatic rings. The van der Waals surface area contributed by atoms with Crippen molar-refractivity contribution in [3.8, 4) is 28.6 Å². The van der Waals surface area contributed by atoms with Gasteiger partial charge in [0.15, 0.2) is 5.69 Å². The summed E-state index contributed by atoms with van der Waals surface area (Å²) in [5.74, 6) is 0. The summed E-state index contributed by atoms with van der Waals surface area (Å²) >= 11 is 0. The van der Waals surface area contributed by atoms with Gasteiger partial charge in [-0.3, -0.25) is 0 Å². The molecule has 0 amide bonds. The van der Waals surface area contributed by atoms with Gasteiger partial charge in [0.1, 0.15) is 0 Å². The van der Waals surface area contributed by atoms with Gasteiger partial charge in [-0.1, -0.05) is 78.9 Å². The van der Waals surface area contributed by atoms with Gasteiger partial charge in [-0.15, -0.1) is 0 Å². The molecule has 2 aromatic heterocycles. The maximum atomic E-state index is 9.65. The number of rotatable bonds is 3. The first-order chi connectivity index (χ1) is 21.6. The fourth-order valence-electron chi connectivity index (χ4n) is 6.93. The summed E-state index contributed by atoms with van der Waals surface area (Å²) in [4.78, 5) is 3.93. The number of para-hydroxylation sites is 4. The number of nitriles is 1. The van der Waals surface area contributed by atoms with Crippen LogP contribution in [0, 0.1) is 31.8 Å². The Bertz CT molecular complexity index is 2470. The summed E-state index contributed by atoms with van der Waals surface area (Å²) in [6, 6.07) is 44.2. The molecule has 4 heteroatoms. The van der Waals surface area contributed by atoms with E-state index < -0.39 is 0 Å². The van der Waals surface area contributed by atoms with Gasteiger partial charge in [0.2, 0.25) is 0 Å². The lowest BCUT2D eigenvalue weighted by molar-refractivity contribution is 1.12. The Kier molecular flexibility index (Phi) is 5.66. The summed E-state index contributed by atoms with van der Waals surface area (Å²) < 4.78 is 4.70. The SMILES string of the molecule is [C-]#[N+]c1cc(C#N)ccc1-c1cc(-n2c3ccccc3c3ccccc32)cc2c3ccccc3n(-c3c(C)cccc3C)c12. The van der Waals surface area contributed by atoms with Gasteiger partial charge < -0.3 is 9.13 Å². The highest BCUT2D eigenvalue weighted by Gasteiger charge is 2.23. The Balaban J connectivity index is 1.61. The Morgan fingerprint density at radius 2 is 1.16 bits per heavy atom. The highest BCUT2D eigenvalue weighted by atomic mass is 15.0. The van der Waals surface area contributed by atoms with E-state index in [4.69, 9.17) is 6.57 Å². The summed E-state index contributed by atoms with van der Waals surface area (Å²) in [6.45, 7) is 12.4. The van der Waals surface area contributed by atoms with Gasteiger partial charge >= 0.3 is 0 Å². The van der Waals surface area contributed by atoms with Crippen LogP contribution in [0.5, 0.6) is 0 Å². The number of aryl methyl sites for hydroxylation is 2. The molecule has 0 bridgehead atoms. The van der Waals surface area contributed by atoms with Gasteiger partial charge in [0, 0.05) is 32.8 Å². The molecule has 0 saturated heterocycles. The van der Waals surface area contributed by atoms with E-state index in [9.17, 15) is 5.26 Å². The van der Waals surface area contributed by atoms with E-state index in [2.05, 4.69) is 137 Å². The fourth-order valence-corrected chi connectivity index (χ4v) is 6.93. The van der Waals surface area contributed by atoms with Crippen molar-refractivity contribution in [1.82, 2.24) is 9.13 Å². The van der Waals surface area contributed by atoms with E-state index in [1.807, 2.05) is 12.1 Å². The molecule has 0 fully saturated rings. The predicted molar refractivity (Wildman–Crippen MR) is 181 cm³/mol. The molecule has 0 aliphatic carbocycles. The number of aromatic nitrogens is 2. The lowest BCUT2D eigenvalue weighted by Crippen LogP contribution is -2.02. The topological polar surface area (TPSA) is 38.0 Å². The average molecular weight is 563 g/mol. The second-order valence-corrected chi connectivity index (χ2v) is 11.3. The lowest BCUT2D eigenvalue weighted by atomic mass is 9.97. The number of nitrogens with zero attached hydrogens (tertiary/aromatic N) is 4. The van der Waals surface area contributed by atoms with Gasteiger partial charge in [0.25, 0.3) is 0 Å². The lowest BCUT2D eigenvalue weighted by Gasteiger charge is -2.18. The average Bonchev–Trinajstić information content (AvgIpc) is 3.57. The van der Waals surface area contributed by atoms with E-state index in [0.29, 0.717) is 11.3 Å². The molecule has 44 heavy (non-hydrogen) atoms. The van der Waals surface area contributed by atoms with Crippen molar-refractivity contribution in [3.05, 3.63) is 149 Å². The van der Waals surface area contributed by atoms with Crippen molar-refractivity contribution in [2.45, 2.75) is 13.8 Å². The highest BCUT2D eigenvalue weighted by molar-refractivity contribution is 6.16. The first-order valence-electron chi connectivity index (χ1n) is 14.6. The molecule has 0 radical (unpaired) electrons. The zero-order valence-electron chi connectivity index (χ0n) is 24.3. The van der Waals surface area contributed by atoms with Gasteiger partial charge in [-0.2, -0.15) is 5.26 Å². The number of hydrogen-bond acceptors (Lipinski definition) is 1. The fraction of sp³-hybridized carbons (Fsp3) is 0.0500. The van der Waals surface area contributed by atoms with Crippen LogP contribution in [0.25, 0.3) is 71.0 Å². The molecule has 0 spiro atoms. The van der Waals surface area contributed by atoms with E-state index in [1.54, 1.807) is 6.07 Å². The standard InChI is InChI=1S/C40H26N4/c1-25-11-10-12-26(2)39(25)44-38-18-9-6-15-32(38)34-23-28(22-33(40(34)44)29-20-19-27(24-41)21-35(29)42-3)43-36-16-7-4-13-30(36)31-14-5-8-17-37(31)43/h4-23H,1-2H3. The van der Waals surface area contributed by atoms with Gasteiger partial charge in [0.05, 0.1) is 40.4 Å². The third-order valence-corrected chi connectivity index (χ3v) is 8.79. The molecule has 0 unspecified atom stereocenters. The minimum Gasteiger partial charge on any atom is -0.309 e. The minimum absolute atomic E-state index is 0.461. The van der Waals surface area contributed by atoms with Crippen LogP contribution < -0.4 is 0 Å². The molecule has 4 nitrogen and oxygen atoms in total. The Hall–Kier alpha value is -6.10. The molecule has 0 aliphatic rings. The van der Waals surface area contributed by atoms with Crippen molar-refractivity contribution >= 4 is 49.3 Å². The molecule has 0 saturated carbocycles. The van der Waals surface area contributed by atoms with Crippen LogP contribution >= 0.6 is 0 Å². The van der Waals surface area contributed by atoms with Crippen molar-refractivity contribution in [2.24, 2.45) is 0 Å². The van der Waals surface area contributed by atoms with Crippen LogP contribution in [0.15, 0.2) is 121 Å². The van der Waals surface area contributed by atoms with E-state index in [-0.39, 0.29) is 0 Å². The summed E-state index contributed by atoms with van der Waals surface area (Å²) in [7, 11) is 0. The zero-order chi connectivity index (χ0) is 29.9. The van der Waals surface area contributed by atoms with Crippen LogP contribution in [0.2, 0.25) is 0 Å². The Morgan fingerprint density at radius 1 is 0.591 bits per heavy atom. The molecular weight excluding hydrogens is 536 g/mol. The third kappa shape index (κ3) is 3.62. The summed E-state index contributed by atoms with van der Waals surface area (Å²) in [5.41, 5.74) is 11.6. The van der Waals surface area contributed by atoms with E-state index in [1.165, 1.54) is 21.9 Å². The maximum absolute atomic E-state index is 9.65. The highest BCUT2D eigenvalue weighted by Crippen LogP contribution is 2.44. The second-order valence-electron chi connectivity index (χ2n) is 11.3. The molecule has 8 rings (SSSR count). The Labute approximate surface area is 255 Å². The quantitative estimate of drug-likeness (QED) is 0.197. The van der Waals surface area contributed by atoms with Crippen LogP contribution in [0.4, 0.5) is 5.69 Å². The number of hydrogen-bond donors (Lipinski definition) is 0. The van der Waals surface area contributed by atoms with Crippen LogP contribution in [0.3, 0.4) is 0 Å². The third-order valence-electron chi connectivity index (χ3n) is 8.79. The molecule has 0 N–H and O–H groups in total. The number of benzene rings is 6. The van der Waals surface area contributed by atoms with Gasteiger partial charge in [-0.05, 0) is 78.6 Å². The second kappa shape index (κ2) is 9.73. The van der Waals surface area contributed by atoms with Crippen LogP contribution in [-0.4, -0.2) is 9.13 Å².